The third-order valence-electron chi connectivity index (χ3n) is 3.18. The van der Waals surface area contributed by atoms with Gasteiger partial charge in [-0.1, -0.05) is 18.6 Å². The Labute approximate surface area is 101 Å². The summed E-state index contributed by atoms with van der Waals surface area (Å²) in [5.41, 5.74) is 2.97. The number of rotatable bonds is 4. The van der Waals surface area contributed by atoms with E-state index in [1.54, 1.807) is 0 Å². The number of benzene rings is 1. The molecule has 1 atom stereocenters. The number of ketones is 1. The van der Waals surface area contributed by atoms with E-state index >= 15 is 0 Å². The van der Waals surface area contributed by atoms with Crippen LogP contribution in [-0.4, -0.2) is 23.9 Å². The molecule has 0 fully saturated rings. The first-order valence-corrected chi connectivity index (χ1v) is 5.96. The van der Waals surface area contributed by atoms with Crippen LogP contribution in [-0.2, 0) is 0 Å². The molecule has 1 aromatic carbocycles. The summed E-state index contributed by atoms with van der Waals surface area (Å²) in [4.78, 5) is 15.5. The Balaban J connectivity index is 2.48. The molecule has 0 aliphatic heterocycles. The molecule has 3 heteroatoms. The van der Waals surface area contributed by atoms with Gasteiger partial charge in [-0.05, 0) is 32.5 Å². The van der Waals surface area contributed by atoms with Gasteiger partial charge in [-0.15, -0.1) is 0 Å². The number of aryl methyl sites for hydroxylation is 1. The average Bonchev–Trinajstić information content (AvgIpc) is 2.73. The molecule has 2 N–H and O–H groups in total. The Morgan fingerprint density at radius 1 is 1.47 bits per heavy atom. The van der Waals surface area contributed by atoms with E-state index in [2.05, 4.69) is 16.4 Å². The second kappa shape index (κ2) is 4.72. The number of hydrogen-bond donors (Lipinski definition) is 2. The van der Waals surface area contributed by atoms with Crippen molar-refractivity contribution >= 4 is 16.7 Å². The quantitative estimate of drug-likeness (QED) is 0.793. The highest BCUT2D eigenvalue weighted by molar-refractivity contribution is 6.10. The van der Waals surface area contributed by atoms with Crippen molar-refractivity contribution in [2.75, 3.05) is 7.05 Å². The zero-order valence-corrected chi connectivity index (χ0v) is 10.5. The summed E-state index contributed by atoms with van der Waals surface area (Å²) < 4.78 is 0. The smallest absolute Gasteiger partial charge is 0.181 e. The van der Waals surface area contributed by atoms with Crippen LogP contribution in [0.25, 0.3) is 10.9 Å². The van der Waals surface area contributed by atoms with Gasteiger partial charge in [-0.3, -0.25) is 4.79 Å². The van der Waals surface area contributed by atoms with E-state index in [9.17, 15) is 4.79 Å². The van der Waals surface area contributed by atoms with Gasteiger partial charge in [-0.2, -0.15) is 0 Å². The molecule has 1 heterocycles. The van der Waals surface area contributed by atoms with Crippen LogP contribution in [0, 0.1) is 6.92 Å². The van der Waals surface area contributed by atoms with Gasteiger partial charge in [0.25, 0.3) is 0 Å². The van der Waals surface area contributed by atoms with E-state index in [1.807, 2.05) is 39.2 Å². The Kier molecular flexibility index (Phi) is 3.29. The zero-order valence-electron chi connectivity index (χ0n) is 10.5. The van der Waals surface area contributed by atoms with E-state index in [0.29, 0.717) is 0 Å². The summed E-state index contributed by atoms with van der Waals surface area (Å²) in [6.45, 7) is 4.05. The number of carbonyl (C=O) groups excluding carboxylic acids is 1. The second-order valence-corrected chi connectivity index (χ2v) is 4.37. The number of aromatic amines is 1. The lowest BCUT2D eigenvalue weighted by atomic mass is 10.0. The van der Waals surface area contributed by atoms with E-state index in [0.717, 1.165) is 22.9 Å². The molecule has 0 saturated heterocycles. The van der Waals surface area contributed by atoms with Crippen molar-refractivity contribution in [2.45, 2.75) is 26.3 Å². The van der Waals surface area contributed by atoms with Gasteiger partial charge in [0.1, 0.15) is 0 Å². The predicted molar refractivity (Wildman–Crippen MR) is 70.5 cm³/mol. The van der Waals surface area contributed by atoms with Crippen molar-refractivity contribution in [1.29, 1.82) is 0 Å². The highest BCUT2D eigenvalue weighted by Crippen LogP contribution is 2.21. The van der Waals surface area contributed by atoms with Crippen LogP contribution >= 0.6 is 0 Å². The fraction of sp³-hybridized carbons (Fsp3) is 0.357. The summed E-state index contributed by atoms with van der Waals surface area (Å²) in [6.07, 6.45) is 2.61. The number of carbonyl (C=O) groups is 1. The molecule has 0 aliphatic rings. The van der Waals surface area contributed by atoms with Gasteiger partial charge in [0.15, 0.2) is 5.78 Å². The molecular weight excluding hydrogens is 212 g/mol. The largest absolute Gasteiger partial charge is 0.360 e. The number of fused-ring (bicyclic) bond motifs is 1. The fourth-order valence-electron chi connectivity index (χ4n) is 2.15. The third-order valence-corrected chi connectivity index (χ3v) is 3.18. The molecule has 0 bridgehead atoms. The van der Waals surface area contributed by atoms with Crippen molar-refractivity contribution in [3.05, 3.63) is 35.5 Å². The normalized spacial score (nSPS) is 12.9. The number of Topliss-reactive ketones (excluding diaryl/α,β-unsaturated/α-hetero) is 1. The van der Waals surface area contributed by atoms with Crippen LogP contribution in [0.1, 0.15) is 29.3 Å². The predicted octanol–water partition coefficient (Wildman–Crippen LogP) is 2.66. The summed E-state index contributed by atoms with van der Waals surface area (Å²) in [6, 6.07) is 6.01. The van der Waals surface area contributed by atoms with Crippen LogP contribution in [0.15, 0.2) is 24.4 Å². The first-order valence-electron chi connectivity index (χ1n) is 5.96. The number of nitrogens with one attached hydrogen (secondary N) is 2. The van der Waals surface area contributed by atoms with E-state index in [1.165, 1.54) is 5.56 Å². The molecule has 3 nitrogen and oxygen atoms in total. The molecule has 0 saturated carbocycles. The van der Waals surface area contributed by atoms with Crippen molar-refractivity contribution in [1.82, 2.24) is 10.3 Å². The van der Waals surface area contributed by atoms with Gasteiger partial charge >= 0.3 is 0 Å². The molecule has 0 aliphatic carbocycles. The van der Waals surface area contributed by atoms with Crippen LogP contribution < -0.4 is 5.32 Å². The fourth-order valence-corrected chi connectivity index (χ4v) is 2.15. The van der Waals surface area contributed by atoms with E-state index in [-0.39, 0.29) is 11.8 Å². The van der Waals surface area contributed by atoms with Gasteiger partial charge < -0.3 is 10.3 Å². The second-order valence-electron chi connectivity index (χ2n) is 4.37. The third kappa shape index (κ3) is 2.11. The van der Waals surface area contributed by atoms with Gasteiger partial charge in [0, 0.05) is 22.7 Å². The van der Waals surface area contributed by atoms with Crippen LogP contribution in [0.3, 0.4) is 0 Å². The summed E-state index contributed by atoms with van der Waals surface area (Å²) >= 11 is 0. The first kappa shape index (κ1) is 11.9. The standard InChI is InChI=1S/C14H18N2O/c1-4-12(15-3)14(17)11-8-16-13-6-5-9(2)7-10(11)13/h5-8,12,15-16H,4H2,1-3H3. The number of H-pyrrole nitrogens is 1. The summed E-state index contributed by atoms with van der Waals surface area (Å²) in [5, 5.41) is 4.07. The molecule has 90 valence electrons. The zero-order chi connectivity index (χ0) is 12.4. The lowest BCUT2D eigenvalue weighted by Gasteiger charge is -2.11. The molecule has 0 spiro atoms. The number of hydrogen-bond acceptors (Lipinski definition) is 2. The SMILES string of the molecule is CCC(NC)C(=O)c1c[nH]c2ccc(C)cc12. The Hall–Kier alpha value is -1.61. The molecule has 1 aromatic heterocycles. The molecule has 2 aromatic rings. The molecule has 0 amide bonds. The van der Waals surface area contributed by atoms with Crippen LogP contribution in [0.5, 0.6) is 0 Å². The van der Waals surface area contributed by atoms with E-state index < -0.39 is 0 Å². The van der Waals surface area contributed by atoms with Crippen molar-refractivity contribution in [3.63, 3.8) is 0 Å². The molecular formula is C14H18N2O. The number of aromatic nitrogens is 1. The van der Waals surface area contributed by atoms with Crippen molar-refractivity contribution < 1.29 is 4.79 Å². The maximum absolute atomic E-state index is 12.3. The molecule has 17 heavy (non-hydrogen) atoms. The summed E-state index contributed by atoms with van der Waals surface area (Å²) in [5.74, 6) is 0.159. The van der Waals surface area contributed by atoms with Crippen molar-refractivity contribution in [3.8, 4) is 0 Å². The maximum Gasteiger partial charge on any atom is 0.181 e. The highest BCUT2D eigenvalue weighted by Gasteiger charge is 2.19. The minimum absolute atomic E-state index is 0.102. The maximum atomic E-state index is 12.3. The lowest BCUT2D eigenvalue weighted by Crippen LogP contribution is -2.33. The van der Waals surface area contributed by atoms with Crippen LogP contribution in [0.4, 0.5) is 0 Å². The van der Waals surface area contributed by atoms with Gasteiger partial charge in [-0.25, -0.2) is 0 Å². The topological polar surface area (TPSA) is 44.9 Å². The lowest BCUT2D eigenvalue weighted by molar-refractivity contribution is 0.0946. The monoisotopic (exact) mass is 230 g/mol. The Morgan fingerprint density at radius 3 is 2.88 bits per heavy atom. The minimum atomic E-state index is -0.102. The minimum Gasteiger partial charge on any atom is -0.360 e. The van der Waals surface area contributed by atoms with Gasteiger partial charge in [0.05, 0.1) is 6.04 Å². The molecule has 2 rings (SSSR count). The Morgan fingerprint density at radius 2 is 2.24 bits per heavy atom. The first-order chi connectivity index (χ1) is 8.17. The average molecular weight is 230 g/mol. The van der Waals surface area contributed by atoms with Crippen LogP contribution in [0.2, 0.25) is 0 Å². The number of likely N-dealkylation sites (N-methyl/N-ethyl adjacent to an activating group) is 1. The molecule has 1 unspecified atom stereocenters. The highest BCUT2D eigenvalue weighted by atomic mass is 16.1. The van der Waals surface area contributed by atoms with Crippen molar-refractivity contribution in [2.24, 2.45) is 0 Å². The Bertz CT molecular complexity index is 538. The van der Waals surface area contributed by atoms with Gasteiger partial charge in [0.2, 0.25) is 0 Å². The van der Waals surface area contributed by atoms with E-state index in [4.69, 9.17) is 0 Å². The molecule has 0 radical (unpaired) electrons. The summed E-state index contributed by atoms with van der Waals surface area (Å²) in [7, 11) is 1.83.